The average Bonchev–Trinajstić information content (AvgIpc) is 3.16. The van der Waals surface area contributed by atoms with E-state index in [0.29, 0.717) is 30.9 Å². The molecule has 265 valence electrons. The molecule has 2 N–H and O–H groups in total. The molecule has 0 amide bonds. The first-order valence-electron chi connectivity index (χ1n) is 15.5. The van der Waals surface area contributed by atoms with Gasteiger partial charge in [-0.25, -0.2) is 0 Å². The third-order valence-corrected chi connectivity index (χ3v) is 12.8. The minimum Gasteiger partial charge on any atom is -1.00 e. The molecular weight excluding hydrogens is 922 g/mol. The van der Waals surface area contributed by atoms with Gasteiger partial charge in [0.2, 0.25) is 0 Å². The predicted molar refractivity (Wildman–Crippen MR) is 221 cm³/mol. The summed E-state index contributed by atoms with van der Waals surface area (Å²) in [6.45, 7) is 0.885. The van der Waals surface area contributed by atoms with Gasteiger partial charge in [0.05, 0.1) is 6.61 Å². The van der Waals surface area contributed by atoms with Gasteiger partial charge in [-0.05, 0) is 81.5 Å². The van der Waals surface area contributed by atoms with Crippen LogP contribution in [0.5, 0.6) is 0 Å². The summed E-state index contributed by atoms with van der Waals surface area (Å²) in [5.41, 5.74) is 2.64. The molecule has 5 aromatic carbocycles. The molecule has 0 saturated carbocycles. The van der Waals surface area contributed by atoms with Crippen LogP contribution in [-0.2, 0) is 47.1 Å². The van der Waals surface area contributed by atoms with Gasteiger partial charge in [0.15, 0.2) is 6.35 Å². The van der Waals surface area contributed by atoms with Crippen molar-refractivity contribution in [2.24, 2.45) is 20.4 Å². The van der Waals surface area contributed by atoms with Crippen LogP contribution in [-0.4, -0.2) is 48.3 Å². The average molecular weight is 957 g/mol. The summed E-state index contributed by atoms with van der Waals surface area (Å²) in [5, 5.41) is 28.0. The van der Waals surface area contributed by atoms with Crippen LogP contribution >= 0.6 is 29.9 Å². The molecule has 51 heavy (non-hydrogen) atoms. The summed E-state index contributed by atoms with van der Waals surface area (Å²) in [4.78, 5) is 0. The Morgan fingerprint density at radius 1 is 0.608 bits per heavy atom. The molecule has 0 atom stereocenters. The maximum atomic E-state index is 6.48. The molecule has 5 aromatic rings. The molecule has 0 aliphatic rings. The zero-order valence-electron chi connectivity index (χ0n) is 27.5. The predicted octanol–water partition coefficient (Wildman–Crippen LogP) is 2.98. The van der Waals surface area contributed by atoms with Gasteiger partial charge in [0, 0.05) is 28.3 Å². The minimum absolute atomic E-state index is 0. The number of ether oxygens (including phenoxy) is 1. The summed E-state index contributed by atoms with van der Waals surface area (Å²) in [5.74, 6) is 0. The van der Waals surface area contributed by atoms with Gasteiger partial charge in [-0.3, -0.25) is 0 Å². The van der Waals surface area contributed by atoms with E-state index in [1.54, 1.807) is 7.05 Å². The van der Waals surface area contributed by atoms with Crippen molar-refractivity contribution in [3.8, 4) is 0 Å². The molecule has 5 rings (SSSR count). The first-order valence-corrected chi connectivity index (χ1v) is 19.4. The van der Waals surface area contributed by atoms with Crippen LogP contribution < -0.4 is 43.5 Å². The van der Waals surface area contributed by atoms with Crippen LogP contribution in [0.3, 0.4) is 0 Å². The minimum atomic E-state index is -2.10. The van der Waals surface area contributed by atoms with Gasteiger partial charge >= 0.3 is 17.1 Å². The van der Waals surface area contributed by atoms with Crippen molar-refractivity contribution >= 4 is 92.8 Å². The van der Waals surface area contributed by atoms with Gasteiger partial charge in [0.1, 0.15) is 34.6 Å². The third kappa shape index (κ3) is 11.7. The van der Waals surface area contributed by atoms with Crippen LogP contribution in [0.15, 0.2) is 166 Å². The molecule has 0 fully saturated rings. The number of halogens is 2. The second-order valence-electron chi connectivity index (χ2n) is 10.6. The van der Waals surface area contributed by atoms with Crippen LogP contribution in [0.25, 0.3) is 0 Å². The normalized spacial score (nSPS) is 12.4. The number of benzene rings is 5. The molecule has 0 heterocycles. The standard InChI is InChI=1S/C38H36IN6OPS2.BrH.Cu/c1-40-37(48)44-42-36(30-22-24-31(39)25-23-30)35(29-14-6-2-7-15-29)43-45-38(49)41-26-27-46-28-47(32-16-8-3-9-17-32,33-18-10-4-11-19-33)34-20-12-5-13-21-34;;/h2-25H,26-28H2,1H3,(H3-,40,41,42,43,44,45,48,49);1H;/q;;+2/p-2. The molecule has 7 nitrogen and oxygen atoms in total. The van der Waals surface area contributed by atoms with Crippen molar-refractivity contribution in [3.05, 3.63) is 160 Å². The molecule has 0 spiro atoms. The van der Waals surface area contributed by atoms with Crippen LogP contribution in [0.1, 0.15) is 11.1 Å². The molecule has 0 aliphatic carbocycles. The second-order valence-corrected chi connectivity index (χ2v) is 16.1. The largest absolute Gasteiger partial charge is 2.00 e. The van der Waals surface area contributed by atoms with E-state index in [1.807, 2.05) is 54.6 Å². The van der Waals surface area contributed by atoms with E-state index in [-0.39, 0.29) is 44.4 Å². The number of nitrogens with one attached hydrogen (secondary N) is 2. The fraction of sp³-hybridized carbons (Fsp3) is 0.105. The quantitative estimate of drug-likeness (QED) is 0.0278. The number of rotatable bonds is 13. The van der Waals surface area contributed by atoms with Gasteiger partial charge < -0.3 is 57.6 Å². The summed E-state index contributed by atoms with van der Waals surface area (Å²) >= 11 is 13.1. The van der Waals surface area contributed by atoms with E-state index in [0.717, 1.165) is 14.7 Å². The SMILES string of the molecule is CNC([S-])=NN=C(C(=NN=C([S-])NCCOC[P+](c1ccccc1)(c1ccccc1)c1ccccc1)c1ccccc1)c1ccc(I)cc1.[Br-].[Cu+2]. The molecule has 13 heteroatoms. The molecule has 1 radical (unpaired) electrons. The Labute approximate surface area is 346 Å². The first-order chi connectivity index (χ1) is 24.0. The van der Waals surface area contributed by atoms with Crippen molar-refractivity contribution in [3.63, 3.8) is 0 Å². The molecule has 0 unspecified atom stereocenters. The van der Waals surface area contributed by atoms with Crippen LogP contribution in [0, 0.1) is 3.57 Å². The number of hydrogen-bond acceptors (Lipinski definition) is 7. The van der Waals surface area contributed by atoms with E-state index in [4.69, 9.17) is 30.0 Å². The fourth-order valence-electron chi connectivity index (χ4n) is 5.11. The summed E-state index contributed by atoms with van der Waals surface area (Å²) in [6, 6.07) is 49.6. The zero-order valence-corrected chi connectivity index (χ0v) is 34.7. The molecule has 0 bridgehead atoms. The van der Waals surface area contributed by atoms with Gasteiger partial charge in [0.25, 0.3) is 0 Å². The Balaban J connectivity index is 0.00000351. The number of amidine groups is 2. The van der Waals surface area contributed by atoms with Crippen LogP contribution in [0.4, 0.5) is 0 Å². The molecular formula is C38H35BrCuIN6OPS2. The summed E-state index contributed by atoms with van der Waals surface area (Å²) in [6.07, 6.45) is 0.542. The van der Waals surface area contributed by atoms with E-state index in [1.165, 1.54) is 15.9 Å². The van der Waals surface area contributed by atoms with E-state index in [2.05, 4.69) is 145 Å². The molecule has 0 saturated heterocycles. The number of hydrogen-bond donors (Lipinski definition) is 2. The van der Waals surface area contributed by atoms with Crippen molar-refractivity contribution < 1.29 is 38.8 Å². The third-order valence-electron chi connectivity index (χ3n) is 7.48. The summed E-state index contributed by atoms with van der Waals surface area (Å²) < 4.78 is 7.57. The second kappa shape index (κ2) is 22.1. The van der Waals surface area contributed by atoms with Crippen molar-refractivity contribution in [1.82, 2.24) is 10.6 Å². The zero-order chi connectivity index (χ0) is 34.3. The summed E-state index contributed by atoms with van der Waals surface area (Å²) in [7, 11) is -0.399. The van der Waals surface area contributed by atoms with Crippen LogP contribution in [0.2, 0.25) is 0 Å². The molecule has 0 aliphatic heterocycles. The first kappa shape index (κ1) is 42.4. The Morgan fingerprint density at radius 2 is 1.02 bits per heavy atom. The van der Waals surface area contributed by atoms with Crippen molar-refractivity contribution in [1.29, 1.82) is 0 Å². The maximum Gasteiger partial charge on any atom is 2.00 e. The Hall–Kier alpha value is -3.06. The monoisotopic (exact) mass is 955 g/mol. The topological polar surface area (TPSA) is 82.7 Å². The smallest absolute Gasteiger partial charge is 1.00 e. The maximum absolute atomic E-state index is 6.48. The fourth-order valence-corrected chi connectivity index (χ4v) is 9.44. The van der Waals surface area contributed by atoms with Gasteiger partial charge in [-0.2, -0.15) is 10.2 Å². The molecule has 0 aromatic heterocycles. The Bertz CT molecular complexity index is 1810. The van der Waals surface area contributed by atoms with Crippen molar-refractivity contribution in [2.45, 2.75) is 0 Å². The van der Waals surface area contributed by atoms with Gasteiger partial charge in [-0.15, -0.1) is 10.2 Å². The van der Waals surface area contributed by atoms with E-state index in [9.17, 15) is 0 Å². The van der Waals surface area contributed by atoms with Crippen molar-refractivity contribution in [2.75, 3.05) is 26.5 Å². The van der Waals surface area contributed by atoms with E-state index >= 15 is 0 Å². The Morgan fingerprint density at radius 3 is 1.47 bits per heavy atom. The Kier molecular flexibility index (Phi) is 18.4. The number of nitrogens with zero attached hydrogens (tertiary/aromatic N) is 4. The van der Waals surface area contributed by atoms with E-state index < -0.39 is 7.26 Å². The van der Waals surface area contributed by atoms with Gasteiger partial charge in [-0.1, -0.05) is 97.1 Å².